The van der Waals surface area contributed by atoms with Gasteiger partial charge in [0.2, 0.25) is 0 Å². The molecule has 6 heteroatoms. The monoisotopic (exact) mass is 431 g/mol. The van der Waals surface area contributed by atoms with Gasteiger partial charge in [0.1, 0.15) is 12.4 Å². The summed E-state index contributed by atoms with van der Waals surface area (Å²) in [6.07, 6.45) is 3.73. The standard InChI is InChI=1S/C24H29NO4.ClH/c1-17(2)18-11-8-12-21(22(26)19-9-4-5-10-20(19)24(27)28)23(18)29-16-15-25-13-6-3-7-14-25;/h4-5,8-12,17H,3,6-7,13-16H2,1-2H3,(H,27,28);1H. The highest BCUT2D eigenvalue weighted by Gasteiger charge is 2.23. The van der Waals surface area contributed by atoms with Crippen LogP contribution in [0.1, 0.15) is 70.9 Å². The highest BCUT2D eigenvalue weighted by molar-refractivity contribution is 6.15. The number of hydrogen-bond donors (Lipinski definition) is 1. The minimum absolute atomic E-state index is 0. The molecule has 0 radical (unpaired) electrons. The van der Waals surface area contributed by atoms with Crippen molar-refractivity contribution >= 4 is 24.2 Å². The number of benzene rings is 2. The number of para-hydroxylation sites is 1. The molecule has 30 heavy (non-hydrogen) atoms. The number of carbonyl (C=O) groups excluding carboxylic acids is 1. The molecule has 0 unspecified atom stereocenters. The molecule has 3 rings (SSSR count). The summed E-state index contributed by atoms with van der Waals surface area (Å²) in [5, 5.41) is 9.47. The first kappa shape index (κ1) is 23.9. The predicted molar refractivity (Wildman–Crippen MR) is 120 cm³/mol. The summed E-state index contributed by atoms with van der Waals surface area (Å²) in [5.74, 6) is -0.674. The maximum Gasteiger partial charge on any atom is 0.336 e. The summed E-state index contributed by atoms with van der Waals surface area (Å²) in [7, 11) is 0. The number of likely N-dealkylation sites (tertiary alicyclic amines) is 1. The SMILES string of the molecule is CC(C)c1cccc(C(=O)c2ccccc2C(=O)O)c1OCCN1CCCCC1.Cl. The average molecular weight is 432 g/mol. The fraction of sp³-hybridized carbons (Fsp3) is 0.417. The van der Waals surface area contributed by atoms with E-state index in [0.29, 0.717) is 17.9 Å². The Bertz CT molecular complexity index is 875. The third-order valence-electron chi connectivity index (χ3n) is 5.42. The first-order valence-electron chi connectivity index (χ1n) is 10.3. The maximum atomic E-state index is 13.3. The fourth-order valence-electron chi connectivity index (χ4n) is 3.82. The number of carboxylic acids is 1. The number of piperidine rings is 1. The number of ketones is 1. The van der Waals surface area contributed by atoms with Crippen LogP contribution in [0.2, 0.25) is 0 Å². The largest absolute Gasteiger partial charge is 0.491 e. The van der Waals surface area contributed by atoms with Crippen LogP contribution in [0.15, 0.2) is 42.5 Å². The lowest BCUT2D eigenvalue weighted by Crippen LogP contribution is -2.33. The van der Waals surface area contributed by atoms with Gasteiger partial charge in [0.25, 0.3) is 0 Å². The van der Waals surface area contributed by atoms with E-state index in [-0.39, 0.29) is 35.2 Å². The maximum absolute atomic E-state index is 13.3. The van der Waals surface area contributed by atoms with Crippen LogP contribution in [0, 0.1) is 0 Å². The summed E-state index contributed by atoms with van der Waals surface area (Å²) in [5.41, 5.74) is 1.57. The van der Waals surface area contributed by atoms with Crippen LogP contribution < -0.4 is 4.74 Å². The second kappa shape index (κ2) is 11.1. The van der Waals surface area contributed by atoms with Crippen molar-refractivity contribution in [2.45, 2.75) is 39.0 Å². The van der Waals surface area contributed by atoms with Crippen LogP contribution >= 0.6 is 12.4 Å². The number of carboxylic acid groups (broad SMARTS) is 1. The number of rotatable bonds is 8. The molecule has 5 nitrogen and oxygen atoms in total. The Kier molecular flexibility index (Phi) is 8.88. The van der Waals surface area contributed by atoms with Crippen molar-refractivity contribution in [1.82, 2.24) is 4.90 Å². The van der Waals surface area contributed by atoms with Crippen molar-refractivity contribution in [3.63, 3.8) is 0 Å². The molecule has 0 bridgehead atoms. The van der Waals surface area contributed by atoms with Gasteiger partial charge in [-0.2, -0.15) is 0 Å². The van der Waals surface area contributed by atoms with Crippen molar-refractivity contribution < 1.29 is 19.4 Å². The molecule has 1 aliphatic heterocycles. The number of nitrogens with zero attached hydrogens (tertiary/aromatic N) is 1. The topological polar surface area (TPSA) is 66.8 Å². The van der Waals surface area contributed by atoms with Crippen molar-refractivity contribution in [2.24, 2.45) is 0 Å². The van der Waals surface area contributed by atoms with E-state index < -0.39 is 5.97 Å². The number of halogens is 1. The molecule has 1 N–H and O–H groups in total. The van der Waals surface area contributed by atoms with Crippen molar-refractivity contribution in [1.29, 1.82) is 0 Å². The normalized spacial score (nSPS) is 14.2. The van der Waals surface area contributed by atoms with Gasteiger partial charge >= 0.3 is 5.97 Å². The van der Waals surface area contributed by atoms with E-state index in [1.165, 1.54) is 25.3 Å². The molecule has 1 heterocycles. The van der Waals surface area contributed by atoms with E-state index >= 15 is 0 Å². The summed E-state index contributed by atoms with van der Waals surface area (Å²) in [6, 6.07) is 11.9. The van der Waals surface area contributed by atoms with Crippen LogP contribution in [-0.4, -0.2) is 48.0 Å². The van der Waals surface area contributed by atoms with Gasteiger partial charge in [-0.25, -0.2) is 4.79 Å². The molecule has 0 spiro atoms. The Morgan fingerprint density at radius 2 is 1.60 bits per heavy atom. The molecule has 2 aromatic rings. The minimum Gasteiger partial charge on any atom is -0.491 e. The molecule has 1 fully saturated rings. The molecular weight excluding hydrogens is 402 g/mol. The lowest BCUT2D eigenvalue weighted by molar-refractivity contribution is 0.0692. The lowest BCUT2D eigenvalue weighted by Gasteiger charge is -2.27. The zero-order valence-corrected chi connectivity index (χ0v) is 18.4. The fourth-order valence-corrected chi connectivity index (χ4v) is 3.82. The molecule has 0 amide bonds. The molecule has 0 aromatic heterocycles. The molecule has 2 aromatic carbocycles. The summed E-state index contributed by atoms with van der Waals surface area (Å²) >= 11 is 0. The van der Waals surface area contributed by atoms with Gasteiger partial charge in [0.15, 0.2) is 5.78 Å². The van der Waals surface area contributed by atoms with E-state index in [9.17, 15) is 14.7 Å². The molecule has 1 saturated heterocycles. The van der Waals surface area contributed by atoms with Crippen LogP contribution in [0.5, 0.6) is 5.75 Å². The third kappa shape index (κ3) is 5.61. The zero-order chi connectivity index (χ0) is 20.8. The van der Waals surface area contributed by atoms with Gasteiger partial charge < -0.3 is 9.84 Å². The Morgan fingerprint density at radius 1 is 0.967 bits per heavy atom. The highest BCUT2D eigenvalue weighted by Crippen LogP contribution is 2.32. The highest BCUT2D eigenvalue weighted by atomic mass is 35.5. The van der Waals surface area contributed by atoms with Crippen LogP contribution in [0.25, 0.3) is 0 Å². The van der Waals surface area contributed by atoms with Crippen LogP contribution in [0.3, 0.4) is 0 Å². The molecule has 0 aliphatic carbocycles. The molecule has 0 saturated carbocycles. The van der Waals surface area contributed by atoms with Gasteiger partial charge in [-0.05, 0) is 49.5 Å². The predicted octanol–water partition coefficient (Wildman–Crippen LogP) is 5.03. The zero-order valence-electron chi connectivity index (χ0n) is 17.6. The minimum atomic E-state index is -1.11. The smallest absolute Gasteiger partial charge is 0.336 e. The molecule has 1 aliphatic rings. The second-order valence-electron chi connectivity index (χ2n) is 7.81. The third-order valence-corrected chi connectivity index (χ3v) is 5.42. The molecular formula is C24H30ClNO4. The lowest BCUT2D eigenvalue weighted by atomic mass is 9.93. The van der Waals surface area contributed by atoms with E-state index in [1.807, 2.05) is 12.1 Å². The first-order valence-corrected chi connectivity index (χ1v) is 10.3. The molecule has 162 valence electrons. The number of hydrogen-bond acceptors (Lipinski definition) is 4. The Balaban J connectivity index is 0.00000320. The number of aromatic carboxylic acids is 1. The summed E-state index contributed by atoms with van der Waals surface area (Å²) < 4.78 is 6.17. The summed E-state index contributed by atoms with van der Waals surface area (Å²) in [4.78, 5) is 27.2. The second-order valence-corrected chi connectivity index (χ2v) is 7.81. The Hall–Kier alpha value is -2.37. The van der Waals surface area contributed by atoms with Crippen molar-refractivity contribution in [3.8, 4) is 5.75 Å². The van der Waals surface area contributed by atoms with E-state index in [2.05, 4.69) is 18.7 Å². The van der Waals surface area contributed by atoms with Gasteiger partial charge in [0, 0.05) is 12.1 Å². The van der Waals surface area contributed by atoms with Gasteiger partial charge in [-0.15, -0.1) is 12.4 Å². The van der Waals surface area contributed by atoms with Crippen LogP contribution in [-0.2, 0) is 0 Å². The quantitative estimate of drug-likeness (QED) is 0.594. The number of ether oxygens (including phenoxy) is 1. The summed E-state index contributed by atoms with van der Waals surface area (Å²) in [6.45, 7) is 7.63. The van der Waals surface area contributed by atoms with E-state index in [4.69, 9.17) is 4.74 Å². The Labute approximate surface area is 184 Å². The molecule has 0 atom stereocenters. The van der Waals surface area contributed by atoms with Crippen molar-refractivity contribution in [3.05, 3.63) is 64.7 Å². The Morgan fingerprint density at radius 3 is 2.23 bits per heavy atom. The van der Waals surface area contributed by atoms with Crippen molar-refractivity contribution in [2.75, 3.05) is 26.2 Å². The van der Waals surface area contributed by atoms with Gasteiger partial charge in [-0.1, -0.05) is 50.6 Å². The van der Waals surface area contributed by atoms with Crippen LogP contribution in [0.4, 0.5) is 0 Å². The van der Waals surface area contributed by atoms with E-state index in [1.54, 1.807) is 24.3 Å². The van der Waals surface area contributed by atoms with Gasteiger partial charge in [-0.3, -0.25) is 9.69 Å². The number of carbonyl (C=O) groups is 2. The average Bonchev–Trinajstić information content (AvgIpc) is 2.74. The van der Waals surface area contributed by atoms with Gasteiger partial charge in [0.05, 0.1) is 11.1 Å². The first-order chi connectivity index (χ1) is 14.0. The van der Waals surface area contributed by atoms with E-state index in [0.717, 1.165) is 25.2 Å².